The van der Waals surface area contributed by atoms with Gasteiger partial charge in [-0.25, -0.2) is 0 Å². The van der Waals surface area contributed by atoms with Crippen LogP contribution < -0.4 is 51.4 Å². The van der Waals surface area contributed by atoms with Gasteiger partial charge in [-0.05, 0) is 13.3 Å². The van der Waals surface area contributed by atoms with Crippen LogP contribution in [0.1, 0.15) is 13.3 Å². The van der Waals surface area contributed by atoms with Crippen molar-refractivity contribution in [3.05, 3.63) is 19.1 Å². The third kappa shape index (κ3) is 9.03. The molecule has 0 rings (SSSR count). The first-order valence-electron chi connectivity index (χ1n) is 1.77. The molecule has 0 aliphatic rings. The zero-order valence-corrected chi connectivity index (χ0v) is 7.74. The van der Waals surface area contributed by atoms with E-state index in [9.17, 15) is 0 Å². The van der Waals surface area contributed by atoms with Gasteiger partial charge in [0.2, 0.25) is 0 Å². The minimum absolute atomic E-state index is 0. The van der Waals surface area contributed by atoms with Gasteiger partial charge in [0, 0.05) is 0 Å². The first kappa shape index (κ1) is 10.4. The molecule has 6 heavy (non-hydrogen) atoms. The van der Waals surface area contributed by atoms with E-state index < -0.39 is 0 Å². The Balaban J connectivity index is 0. The Morgan fingerprint density at radius 1 is 1.67 bits per heavy atom. The van der Waals surface area contributed by atoms with Gasteiger partial charge in [-0.3, -0.25) is 0 Å². The molecular formula is C5H9K+. The summed E-state index contributed by atoms with van der Waals surface area (Å²) >= 11 is 0. The van der Waals surface area contributed by atoms with E-state index in [4.69, 9.17) is 0 Å². The predicted molar refractivity (Wildman–Crippen MR) is 24.8 cm³/mol. The molecule has 1 radical (unpaired) electrons. The molecule has 0 aromatic heterocycles. The molecule has 0 saturated carbocycles. The first-order chi connectivity index (χ1) is 2.27. The zero-order valence-electron chi connectivity index (χ0n) is 4.62. The average Bonchev–Trinajstić information content (AvgIpc) is 1.38. The monoisotopic (exact) mass is 108 g/mol. The molecule has 0 amide bonds. The average molecular weight is 108 g/mol. The predicted octanol–water partition coefficient (Wildman–Crippen LogP) is -1.21. The van der Waals surface area contributed by atoms with Crippen molar-refractivity contribution in [3.8, 4) is 0 Å². The van der Waals surface area contributed by atoms with E-state index in [0.717, 1.165) is 12.0 Å². The maximum Gasteiger partial charge on any atom is 1.00 e. The van der Waals surface area contributed by atoms with Gasteiger partial charge < -0.3 is 0 Å². The van der Waals surface area contributed by atoms with Crippen molar-refractivity contribution >= 4 is 0 Å². The molecule has 0 nitrogen and oxygen atoms in total. The van der Waals surface area contributed by atoms with Gasteiger partial charge in [0.1, 0.15) is 0 Å². The molecule has 29 valence electrons. The summed E-state index contributed by atoms with van der Waals surface area (Å²) in [5.41, 5.74) is 1.00. The molecule has 0 aliphatic heterocycles. The maximum atomic E-state index is 3.56. The first-order valence-corrected chi connectivity index (χ1v) is 1.77. The van der Waals surface area contributed by atoms with E-state index in [-0.39, 0.29) is 51.4 Å². The molecule has 0 spiro atoms. The van der Waals surface area contributed by atoms with Gasteiger partial charge in [0.05, 0.1) is 0 Å². The van der Waals surface area contributed by atoms with Crippen molar-refractivity contribution in [1.82, 2.24) is 0 Å². The molecule has 0 heterocycles. The van der Waals surface area contributed by atoms with Crippen LogP contribution in [-0.2, 0) is 0 Å². The van der Waals surface area contributed by atoms with E-state index in [2.05, 4.69) is 13.5 Å². The van der Waals surface area contributed by atoms with Crippen molar-refractivity contribution in [2.24, 2.45) is 0 Å². The Morgan fingerprint density at radius 2 is 1.83 bits per heavy atom. The van der Waals surface area contributed by atoms with E-state index in [1.807, 2.05) is 6.92 Å². The van der Waals surface area contributed by atoms with Crippen molar-refractivity contribution < 1.29 is 51.4 Å². The quantitative estimate of drug-likeness (QED) is 0.370. The summed E-state index contributed by atoms with van der Waals surface area (Å²) in [5, 5.41) is 0. The minimum Gasteiger partial charge on any atom is -0.0999 e. The van der Waals surface area contributed by atoms with E-state index in [1.54, 1.807) is 0 Å². The zero-order chi connectivity index (χ0) is 4.28. The molecular weight excluding hydrogens is 99.2 g/mol. The Bertz CT molecular complexity index is 39.2. The summed E-state index contributed by atoms with van der Waals surface area (Å²) in [6.07, 6.45) is 1.00. The van der Waals surface area contributed by atoms with Gasteiger partial charge in [-0.15, -0.1) is 0 Å². The van der Waals surface area contributed by atoms with Crippen LogP contribution in [0.4, 0.5) is 0 Å². The van der Waals surface area contributed by atoms with Crippen LogP contribution in [0, 0.1) is 6.92 Å². The summed E-state index contributed by atoms with van der Waals surface area (Å²) in [4.78, 5) is 0. The molecule has 0 atom stereocenters. The van der Waals surface area contributed by atoms with Gasteiger partial charge in [0.15, 0.2) is 0 Å². The fourth-order valence-electron chi connectivity index (χ4n) is 0. The minimum atomic E-state index is 0. The van der Waals surface area contributed by atoms with Crippen molar-refractivity contribution in [3.63, 3.8) is 0 Å². The third-order valence-electron chi connectivity index (χ3n) is 0.500. The molecule has 0 aromatic rings. The number of rotatable bonds is 1. The second-order valence-corrected chi connectivity index (χ2v) is 1.10. The number of hydrogen-bond acceptors (Lipinski definition) is 0. The van der Waals surface area contributed by atoms with E-state index >= 15 is 0 Å². The molecule has 0 aromatic carbocycles. The molecule has 0 bridgehead atoms. The van der Waals surface area contributed by atoms with Crippen molar-refractivity contribution in [2.45, 2.75) is 13.3 Å². The van der Waals surface area contributed by atoms with Gasteiger partial charge in [-0.2, -0.15) is 0 Å². The smallest absolute Gasteiger partial charge is 0.0999 e. The number of hydrogen-bond donors (Lipinski definition) is 0. The largest absolute Gasteiger partial charge is 1.00 e. The van der Waals surface area contributed by atoms with Crippen LogP contribution in [-0.4, -0.2) is 0 Å². The van der Waals surface area contributed by atoms with Crippen LogP contribution in [0.3, 0.4) is 0 Å². The second kappa shape index (κ2) is 6.38. The molecule has 0 saturated heterocycles. The normalized spacial score (nSPS) is 6.33. The topological polar surface area (TPSA) is 0 Å². The summed E-state index contributed by atoms with van der Waals surface area (Å²) in [6, 6.07) is 0. The third-order valence-corrected chi connectivity index (χ3v) is 0.500. The van der Waals surface area contributed by atoms with Crippen LogP contribution >= 0.6 is 0 Å². The summed E-state index contributed by atoms with van der Waals surface area (Å²) in [6.45, 7) is 9.16. The Hall–Kier alpha value is 1.38. The fraction of sp³-hybridized carbons (Fsp3) is 0.400. The molecule has 0 fully saturated rings. The van der Waals surface area contributed by atoms with Crippen LogP contribution in [0.2, 0.25) is 0 Å². The van der Waals surface area contributed by atoms with Gasteiger partial charge >= 0.3 is 51.4 Å². The summed E-state index contributed by atoms with van der Waals surface area (Å²) in [7, 11) is 0. The summed E-state index contributed by atoms with van der Waals surface area (Å²) in [5.74, 6) is 0. The molecule has 0 aliphatic carbocycles. The number of allylic oxidation sites excluding steroid dienone is 1. The van der Waals surface area contributed by atoms with Crippen molar-refractivity contribution in [1.29, 1.82) is 0 Å². The van der Waals surface area contributed by atoms with Crippen LogP contribution in [0.5, 0.6) is 0 Å². The SMILES string of the molecule is [CH2]C(=C)CC.[K+]. The second-order valence-electron chi connectivity index (χ2n) is 1.10. The van der Waals surface area contributed by atoms with Gasteiger partial charge in [-0.1, -0.05) is 19.1 Å². The maximum absolute atomic E-state index is 3.56. The van der Waals surface area contributed by atoms with Gasteiger partial charge in [0.25, 0.3) is 0 Å². The van der Waals surface area contributed by atoms with E-state index in [1.165, 1.54) is 0 Å². The van der Waals surface area contributed by atoms with Crippen LogP contribution in [0.15, 0.2) is 12.2 Å². The summed E-state index contributed by atoms with van der Waals surface area (Å²) < 4.78 is 0. The standard InChI is InChI=1S/C5H9.K/c1-4-5(2)3;/h2-4H2,1H3;/q;+1. The fourth-order valence-corrected chi connectivity index (χ4v) is 0. The Labute approximate surface area is 82.4 Å². The molecule has 0 unspecified atom stereocenters. The Kier molecular flexibility index (Phi) is 11.0. The van der Waals surface area contributed by atoms with Crippen LogP contribution in [0.25, 0.3) is 0 Å². The Morgan fingerprint density at radius 3 is 1.83 bits per heavy atom. The van der Waals surface area contributed by atoms with Crippen molar-refractivity contribution in [2.75, 3.05) is 0 Å². The van der Waals surface area contributed by atoms with E-state index in [0.29, 0.717) is 0 Å². The molecule has 0 N–H and O–H groups in total. The molecule has 1 heteroatoms.